The Balaban J connectivity index is 4.03. The summed E-state index contributed by atoms with van der Waals surface area (Å²) in [6.07, 6.45) is 53.8. The molecule has 0 aliphatic heterocycles. The van der Waals surface area contributed by atoms with Crippen molar-refractivity contribution in [1.29, 1.82) is 0 Å². The number of nitrogens with one attached hydrogen (secondary N) is 1. The summed E-state index contributed by atoms with van der Waals surface area (Å²) in [5, 5.41) is 13.9. The molecule has 0 radical (unpaired) electrons. The van der Waals surface area contributed by atoms with Crippen LogP contribution in [0.25, 0.3) is 0 Å². The average molecular weight is 884 g/mol. The smallest absolute Gasteiger partial charge is 0.391 e. The summed E-state index contributed by atoms with van der Waals surface area (Å²) in [7, 11) is 1.62. The van der Waals surface area contributed by atoms with Crippen LogP contribution in [0.5, 0.6) is 0 Å². The van der Waals surface area contributed by atoms with Crippen LogP contribution in [0, 0.1) is 0 Å². The van der Waals surface area contributed by atoms with Crippen LogP contribution in [0.1, 0.15) is 251 Å². The normalized spacial score (nSPS) is 14.3. The van der Waals surface area contributed by atoms with Gasteiger partial charge in [0.2, 0.25) is 5.91 Å². The van der Waals surface area contributed by atoms with Crippen molar-refractivity contribution in [2.45, 2.75) is 264 Å². The lowest BCUT2D eigenvalue weighted by Gasteiger charge is -2.26. The molecule has 0 saturated carbocycles. The third kappa shape index (κ3) is 46.8. The van der Waals surface area contributed by atoms with Crippen molar-refractivity contribution in [3.8, 4) is 0 Å². The van der Waals surface area contributed by atoms with E-state index in [2.05, 4.69) is 43.5 Å². The number of likely N-dealkylation sites (N-methyl/N-ethyl adjacent to an activating group) is 1. The van der Waals surface area contributed by atoms with Crippen LogP contribution in [0.2, 0.25) is 0 Å². The molecule has 9 heteroatoms. The first-order chi connectivity index (χ1) is 29.5. The van der Waals surface area contributed by atoms with Gasteiger partial charge < -0.3 is 19.8 Å². The summed E-state index contributed by atoms with van der Waals surface area (Å²) < 4.78 is 23.6. The second-order valence-electron chi connectivity index (χ2n) is 19.3. The lowest BCUT2D eigenvalue weighted by Crippen LogP contribution is -2.46. The van der Waals surface area contributed by atoms with Gasteiger partial charge in [-0.3, -0.25) is 13.8 Å². The molecule has 3 N–H and O–H groups in total. The maximum absolute atomic E-state index is 12.9. The minimum Gasteiger partial charge on any atom is -0.391 e. The van der Waals surface area contributed by atoms with Crippen molar-refractivity contribution in [3.63, 3.8) is 0 Å². The Labute approximate surface area is 379 Å². The van der Waals surface area contributed by atoms with Crippen LogP contribution in [0.3, 0.4) is 0 Å². The lowest BCUT2D eigenvalue weighted by molar-refractivity contribution is -0.870. The summed E-state index contributed by atoms with van der Waals surface area (Å²) >= 11 is 0. The minimum absolute atomic E-state index is 0.0755. The van der Waals surface area contributed by atoms with Gasteiger partial charge >= 0.3 is 7.82 Å². The van der Waals surface area contributed by atoms with Gasteiger partial charge in [-0.25, -0.2) is 4.57 Å². The second-order valence-corrected chi connectivity index (χ2v) is 20.7. The standard InChI is InChI=1S/C52H103N2O6P/c1-6-8-10-12-14-16-18-19-20-21-22-23-24-25-26-27-28-29-30-31-32-33-34-35-36-38-40-42-44-46-52(56)53-50(49-60-61(57,58)59-48-47-54(3,4)5)51(55)45-43-41-39-37-17-15-13-11-9-7-2/h22-23,25-26,50-51,55H,6-21,24,27-49H2,1-5H3,(H-,53,56,57,58)/p+1/b23-22-,26-25-. The van der Waals surface area contributed by atoms with E-state index in [1.165, 1.54) is 180 Å². The number of allylic oxidation sites excluding steroid dienone is 4. The number of quaternary nitrogens is 1. The molecular weight excluding hydrogens is 780 g/mol. The molecule has 8 nitrogen and oxygen atoms in total. The average Bonchev–Trinajstić information content (AvgIpc) is 3.21. The highest BCUT2D eigenvalue weighted by Gasteiger charge is 2.28. The van der Waals surface area contributed by atoms with Gasteiger partial charge in [-0.05, 0) is 44.9 Å². The van der Waals surface area contributed by atoms with Crippen molar-refractivity contribution in [2.24, 2.45) is 0 Å². The molecule has 61 heavy (non-hydrogen) atoms. The van der Waals surface area contributed by atoms with Crippen molar-refractivity contribution in [3.05, 3.63) is 24.3 Å². The molecule has 0 aromatic heterocycles. The van der Waals surface area contributed by atoms with Crippen molar-refractivity contribution >= 4 is 13.7 Å². The van der Waals surface area contributed by atoms with Gasteiger partial charge in [0, 0.05) is 6.42 Å². The Kier molecular flexibility index (Phi) is 43.5. The summed E-state index contributed by atoms with van der Waals surface area (Å²) in [4.78, 5) is 23.2. The van der Waals surface area contributed by atoms with Gasteiger partial charge in [0.05, 0.1) is 39.9 Å². The van der Waals surface area contributed by atoms with Gasteiger partial charge in [0.1, 0.15) is 13.2 Å². The predicted molar refractivity (Wildman–Crippen MR) is 263 cm³/mol. The Bertz CT molecular complexity index is 1050. The van der Waals surface area contributed by atoms with Crippen LogP contribution in [-0.2, 0) is 18.4 Å². The molecule has 0 bridgehead atoms. The molecule has 0 heterocycles. The fourth-order valence-corrected chi connectivity index (χ4v) is 8.52. The molecule has 3 atom stereocenters. The van der Waals surface area contributed by atoms with Crippen LogP contribution in [0.15, 0.2) is 24.3 Å². The Morgan fingerprint density at radius 2 is 0.934 bits per heavy atom. The highest BCUT2D eigenvalue weighted by molar-refractivity contribution is 7.47. The van der Waals surface area contributed by atoms with E-state index in [4.69, 9.17) is 9.05 Å². The van der Waals surface area contributed by atoms with Crippen molar-refractivity contribution < 1.29 is 32.9 Å². The number of rotatable bonds is 48. The lowest BCUT2D eigenvalue weighted by atomic mass is 10.0. The maximum Gasteiger partial charge on any atom is 0.472 e. The molecule has 0 aliphatic rings. The molecule has 0 aliphatic carbocycles. The van der Waals surface area contributed by atoms with Crippen LogP contribution < -0.4 is 5.32 Å². The van der Waals surface area contributed by atoms with E-state index >= 15 is 0 Å². The minimum atomic E-state index is -4.31. The third-order valence-corrected chi connectivity index (χ3v) is 12.9. The number of carbonyl (C=O) groups excluding carboxylic acids is 1. The van der Waals surface area contributed by atoms with Crippen molar-refractivity contribution in [2.75, 3.05) is 40.9 Å². The Morgan fingerprint density at radius 1 is 0.557 bits per heavy atom. The van der Waals surface area contributed by atoms with Gasteiger partial charge in [-0.15, -0.1) is 0 Å². The van der Waals surface area contributed by atoms with E-state index in [0.29, 0.717) is 23.9 Å². The highest BCUT2D eigenvalue weighted by atomic mass is 31.2. The highest BCUT2D eigenvalue weighted by Crippen LogP contribution is 2.43. The molecule has 1 amide bonds. The molecule has 0 aromatic carbocycles. The molecule has 362 valence electrons. The van der Waals surface area contributed by atoms with E-state index < -0.39 is 20.0 Å². The fraction of sp³-hybridized carbons (Fsp3) is 0.904. The summed E-state index contributed by atoms with van der Waals surface area (Å²) in [5.41, 5.74) is 0. The fourth-order valence-electron chi connectivity index (χ4n) is 7.78. The number of aliphatic hydroxyl groups excluding tert-OH is 1. The van der Waals surface area contributed by atoms with E-state index in [1.54, 1.807) is 0 Å². The predicted octanol–water partition coefficient (Wildman–Crippen LogP) is 15.3. The number of hydrogen-bond acceptors (Lipinski definition) is 5. The zero-order chi connectivity index (χ0) is 45.0. The molecule has 0 fully saturated rings. The largest absolute Gasteiger partial charge is 0.472 e. The number of unbranched alkanes of at least 4 members (excludes halogenated alkanes) is 31. The number of carbonyl (C=O) groups is 1. The third-order valence-electron chi connectivity index (χ3n) is 12.0. The van der Waals surface area contributed by atoms with Crippen LogP contribution in [-0.4, -0.2) is 73.4 Å². The first kappa shape index (κ1) is 60.0. The van der Waals surface area contributed by atoms with Gasteiger partial charge in [-0.1, -0.05) is 224 Å². The van der Waals surface area contributed by atoms with E-state index in [9.17, 15) is 19.4 Å². The molecular formula is C52H104N2O6P+. The number of nitrogens with zero attached hydrogens (tertiary/aromatic N) is 1. The molecule has 0 saturated heterocycles. The number of hydrogen-bond donors (Lipinski definition) is 3. The summed E-state index contributed by atoms with van der Waals surface area (Å²) in [5.74, 6) is -0.145. The summed E-state index contributed by atoms with van der Waals surface area (Å²) in [6.45, 7) is 4.89. The van der Waals surface area contributed by atoms with E-state index in [1.807, 2.05) is 21.1 Å². The first-order valence-electron chi connectivity index (χ1n) is 26.2. The SMILES string of the molecule is CCCCCCCCCCC/C=C\C/C=C\CCCCCCCCCCCCCCCC(=O)NC(COP(=O)(O)OCC[N+](C)(C)C)C(O)CCCCCCCCCCCC. The topological polar surface area (TPSA) is 105 Å². The zero-order valence-electron chi connectivity index (χ0n) is 41.2. The molecule has 0 rings (SSSR count). The van der Waals surface area contributed by atoms with E-state index in [0.717, 1.165) is 44.9 Å². The molecule has 0 spiro atoms. The zero-order valence-corrected chi connectivity index (χ0v) is 42.1. The summed E-state index contributed by atoms with van der Waals surface area (Å²) in [6, 6.07) is -0.757. The Hall–Kier alpha value is -1.02. The Morgan fingerprint density at radius 3 is 1.34 bits per heavy atom. The van der Waals surface area contributed by atoms with Crippen LogP contribution in [0.4, 0.5) is 0 Å². The van der Waals surface area contributed by atoms with Gasteiger partial charge in [0.25, 0.3) is 0 Å². The molecule has 0 aromatic rings. The van der Waals surface area contributed by atoms with E-state index in [-0.39, 0.29) is 19.1 Å². The second kappa shape index (κ2) is 44.2. The quantitative estimate of drug-likeness (QED) is 0.0243. The van der Waals surface area contributed by atoms with Crippen molar-refractivity contribution in [1.82, 2.24) is 5.32 Å². The number of phosphoric ester groups is 1. The maximum atomic E-state index is 12.9. The number of amides is 1. The van der Waals surface area contributed by atoms with Crippen LogP contribution >= 0.6 is 7.82 Å². The van der Waals surface area contributed by atoms with Gasteiger partial charge in [0.15, 0.2) is 0 Å². The molecule has 3 unspecified atom stereocenters. The number of phosphoric acid groups is 1. The van der Waals surface area contributed by atoms with Gasteiger partial charge in [-0.2, -0.15) is 0 Å². The monoisotopic (exact) mass is 884 g/mol. The first-order valence-corrected chi connectivity index (χ1v) is 27.7. The number of aliphatic hydroxyl groups is 1.